The molecule has 1 fully saturated rings. The van der Waals surface area contributed by atoms with Gasteiger partial charge < -0.3 is 25.5 Å². The fraction of sp³-hybridized carbons (Fsp3) is 0.429. The summed E-state index contributed by atoms with van der Waals surface area (Å²) in [6, 6.07) is 3.91. The van der Waals surface area contributed by atoms with E-state index >= 15 is 0 Å². The first-order chi connectivity index (χ1) is 18.0. The maximum Gasteiger partial charge on any atom is 0.368 e. The van der Waals surface area contributed by atoms with Crippen LogP contribution in [0.5, 0.6) is 0 Å². The fourth-order valence-electron chi connectivity index (χ4n) is 4.32. The van der Waals surface area contributed by atoms with Crippen LogP contribution in [-0.2, 0) is 11.3 Å². The van der Waals surface area contributed by atoms with Crippen LogP contribution < -0.4 is 10.6 Å². The van der Waals surface area contributed by atoms with Crippen LogP contribution in [0.25, 0.3) is 27.9 Å². The topological polar surface area (TPSA) is 179 Å². The molecule has 2 unspecified atom stereocenters. The van der Waals surface area contributed by atoms with Crippen molar-refractivity contribution in [2.24, 2.45) is 0 Å². The molecule has 0 aliphatic carbocycles. The Morgan fingerprint density at radius 2 is 2.03 bits per heavy atom. The van der Waals surface area contributed by atoms with Gasteiger partial charge in [0.25, 0.3) is 6.43 Å². The minimum atomic E-state index is -3.37. The summed E-state index contributed by atoms with van der Waals surface area (Å²) in [6.45, 7) is 0.871. The van der Waals surface area contributed by atoms with E-state index in [9.17, 15) is 33.3 Å². The number of nitrogens with one attached hydrogen (secondary N) is 2. The number of anilines is 2. The Morgan fingerprint density at radius 3 is 2.71 bits per heavy atom. The van der Waals surface area contributed by atoms with Crippen LogP contribution in [0.4, 0.5) is 24.9 Å². The molecule has 4 aromatic rings. The quantitative estimate of drug-likeness (QED) is 0.203. The van der Waals surface area contributed by atoms with Gasteiger partial charge in [0.05, 0.1) is 18.3 Å². The van der Waals surface area contributed by atoms with Crippen LogP contribution in [0.3, 0.4) is 0 Å². The maximum atomic E-state index is 14.7. The van der Waals surface area contributed by atoms with E-state index in [-0.39, 0.29) is 53.0 Å². The Balaban J connectivity index is 1.53. The van der Waals surface area contributed by atoms with E-state index in [2.05, 4.69) is 36.0 Å². The average molecular weight is 536 g/mol. The van der Waals surface area contributed by atoms with Gasteiger partial charge in [0.2, 0.25) is 11.9 Å². The van der Waals surface area contributed by atoms with Crippen molar-refractivity contribution in [2.75, 3.05) is 23.7 Å². The molecule has 17 heteroatoms. The molecule has 4 aromatic heterocycles. The lowest BCUT2D eigenvalue weighted by Crippen LogP contribution is -2.49. The lowest BCUT2D eigenvalue weighted by Gasteiger charge is -2.34. The molecule has 0 bridgehead atoms. The van der Waals surface area contributed by atoms with Gasteiger partial charge in [-0.3, -0.25) is 10.1 Å². The Bertz CT molecular complexity index is 1490. The minimum Gasteiger partial charge on any atom is -0.347 e. The number of likely N-dealkylation sites (tertiary alicyclic amines) is 1. The average Bonchev–Trinajstić information content (AvgIpc) is 3.43. The highest BCUT2D eigenvalue weighted by atomic mass is 19.3. The third-order valence-corrected chi connectivity index (χ3v) is 6.04. The van der Waals surface area contributed by atoms with Crippen molar-refractivity contribution >= 4 is 34.4 Å². The number of halogens is 3. The van der Waals surface area contributed by atoms with Gasteiger partial charge in [-0.1, -0.05) is 5.21 Å². The number of alkyl halides is 3. The highest BCUT2D eigenvalue weighted by Gasteiger charge is 2.32. The predicted molar refractivity (Wildman–Crippen MR) is 125 cm³/mol. The van der Waals surface area contributed by atoms with Crippen LogP contribution >= 0.6 is 0 Å². The van der Waals surface area contributed by atoms with Crippen LogP contribution in [0.1, 0.15) is 13.3 Å². The van der Waals surface area contributed by atoms with Crippen LogP contribution in [0, 0.1) is 0 Å². The van der Waals surface area contributed by atoms with Crippen molar-refractivity contribution in [3.05, 3.63) is 24.4 Å². The molecule has 1 aliphatic heterocycles. The van der Waals surface area contributed by atoms with Crippen LogP contribution in [-0.4, -0.2) is 98.5 Å². The first kappa shape index (κ1) is 25.6. The van der Waals surface area contributed by atoms with E-state index in [1.807, 2.05) is 0 Å². The molecule has 14 nitrogen and oxygen atoms in total. The second-order valence-electron chi connectivity index (χ2n) is 8.79. The zero-order chi connectivity index (χ0) is 27.2. The Hall–Kier alpha value is -4.09. The van der Waals surface area contributed by atoms with Gasteiger partial charge in [0.1, 0.15) is 23.7 Å². The summed E-state index contributed by atoms with van der Waals surface area (Å²) >= 11 is 0. The van der Waals surface area contributed by atoms with Crippen LogP contribution in [0.2, 0.25) is 0 Å². The summed E-state index contributed by atoms with van der Waals surface area (Å²) in [6.07, 6.45) is -5.71. The van der Waals surface area contributed by atoms with Crippen molar-refractivity contribution in [1.82, 2.24) is 39.5 Å². The van der Waals surface area contributed by atoms with Crippen molar-refractivity contribution in [2.45, 2.75) is 44.6 Å². The first-order valence-corrected chi connectivity index (χ1v) is 11.5. The number of hydrogen-bond donors (Lipinski definition) is 5. The van der Waals surface area contributed by atoms with Gasteiger partial charge in [0, 0.05) is 25.2 Å². The molecule has 0 radical (unpaired) electrons. The Morgan fingerprint density at radius 1 is 1.24 bits per heavy atom. The SMILES string of the molecule is CC(=O)N1CCC(Nc2nc(NC(O)(O)O)c3c(-c4ccc5nnn(CC(F)F)c5n4)ccn3n2)C(F)C1. The lowest BCUT2D eigenvalue weighted by molar-refractivity contribution is -0.289. The number of carbonyl (C=O) groups is 1. The molecule has 1 saturated heterocycles. The number of hydrogen-bond acceptors (Lipinski definition) is 11. The molecule has 38 heavy (non-hydrogen) atoms. The number of carbonyl (C=O) groups excluding carboxylic acids is 1. The summed E-state index contributed by atoms with van der Waals surface area (Å²) < 4.78 is 42.9. The second-order valence-corrected chi connectivity index (χ2v) is 8.79. The maximum absolute atomic E-state index is 14.7. The molecule has 0 saturated carbocycles. The van der Waals surface area contributed by atoms with Gasteiger partial charge in [0.15, 0.2) is 11.5 Å². The summed E-state index contributed by atoms with van der Waals surface area (Å²) in [4.78, 5) is 21.5. The molecule has 5 heterocycles. The third-order valence-electron chi connectivity index (χ3n) is 6.04. The van der Waals surface area contributed by atoms with E-state index in [0.29, 0.717) is 12.1 Å². The molecule has 1 amide bonds. The predicted octanol–water partition coefficient (Wildman–Crippen LogP) is 0.172. The zero-order valence-electron chi connectivity index (χ0n) is 19.8. The highest BCUT2D eigenvalue weighted by molar-refractivity contribution is 5.89. The molecule has 202 valence electrons. The summed E-state index contributed by atoms with van der Waals surface area (Å²) in [5.41, 5.74) is 1.14. The van der Waals surface area contributed by atoms with Gasteiger partial charge in [-0.25, -0.2) is 27.4 Å². The molecule has 5 rings (SSSR count). The number of rotatable bonds is 7. The molecular weight excluding hydrogens is 513 g/mol. The van der Waals surface area contributed by atoms with Gasteiger partial charge in [-0.05, 0) is 24.6 Å². The smallest absolute Gasteiger partial charge is 0.347 e. The summed E-state index contributed by atoms with van der Waals surface area (Å²) in [5.74, 6) is -0.592. The summed E-state index contributed by atoms with van der Waals surface area (Å²) in [7, 11) is 0. The second kappa shape index (κ2) is 9.66. The summed E-state index contributed by atoms with van der Waals surface area (Å²) in [5, 5.41) is 45.6. The molecule has 5 N–H and O–H groups in total. The van der Waals surface area contributed by atoms with E-state index < -0.39 is 31.3 Å². The van der Waals surface area contributed by atoms with E-state index in [4.69, 9.17) is 0 Å². The number of piperidine rings is 1. The molecule has 1 aliphatic rings. The number of nitrogens with zero attached hydrogens (tertiary/aromatic N) is 8. The Kier molecular flexibility index (Phi) is 6.49. The first-order valence-electron chi connectivity index (χ1n) is 11.5. The lowest BCUT2D eigenvalue weighted by atomic mass is 10.0. The van der Waals surface area contributed by atoms with Gasteiger partial charge in [-0.2, -0.15) is 4.98 Å². The molecule has 0 spiro atoms. The number of pyridine rings is 1. The van der Waals surface area contributed by atoms with Crippen molar-refractivity contribution in [3.63, 3.8) is 0 Å². The largest absolute Gasteiger partial charge is 0.368 e. The van der Waals surface area contributed by atoms with Crippen LogP contribution in [0.15, 0.2) is 24.4 Å². The number of fused-ring (bicyclic) bond motifs is 2. The van der Waals surface area contributed by atoms with E-state index in [1.165, 1.54) is 28.6 Å². The standard InChI is InChI=1S/C21H23F3N10O4/c1-10(35)32-6-5-14(12(22)8-32)26-20-27-18(28-21(36,37)38)17-11(4-7-33(17)30-20)13-2-3-15-19(25-13)34(31-29-15)9-16(23)24/h2-4,7,12,14,16,36-38H,5-6,8-9H2,1H3,(H2,26,27,28,30). The third kappa shape index (κ3) is 5.15. The van der Waals surface area contributed by atoms with Crippen molar-refractivity contribution < 1.29 is 33.3 Å². The fourth-order valence-corrected chi connectivity index (χ4v) is 4.32. The number of aromatic nitrogens is 7. The highest BCUT2D eigenvalue weighted by Crippen LogP contribution is 2.31. The van der Waals surface area contributed by atoms with Crippen molar-refractivity contribution in [3.8, 4) is 11.3 Å². The Labute approximate surface area is 211 Å². The molecule has 0 aromatic carbocycles. The monoisotopic (exact) mass is 536 g/mol. The zero-order valence-corrected chi connectivity index (χ0v) is 19.8. The molecule has 2 atom stereocenters. The van der Waals surface area contributed by atoms with E-state index in [1.54, 1.807) is 12.1 Å². The van der Waals surface area contributed by atoms with Gasteiger partial charge >= 0.3 is 6.10 Å². The van der Waals surface area contributed by atoms with Gasteiger partial charge in [-0.15, -0.1) is 10.2 Å². The normalized spacial score (nSPS) is 18.5. The number of aliphatic hydroxyl groups is 3. The van der Waals surface area contributed by atoms with Crippen molar-refractivity contribution in [1.29, 1.82) is 0 Å². The number of amides is 1. The van der Waals surface area contributed by atoms with E-state index in [0.717, 1.165) is 4.68 Å². The molecular formula is C21H23F3N10O4. The minimum absolute atomic E-state index is 0.0991.